The molecule has 0 saturated carbocycles. The van der Waals surface area contributed by atoms with Crippen LogP contribution in [0.25, 0.3) is 0 Å². The van der Waals surface area contributed by atoms with Crippen molar-refractivity contribution in [1.29, 1.82) is 0 Å². The molecule has 0 aliphatic heterocycles. The van der Waals surface area contributed by atoms with E-state index in [1.165, 1.54) is 36.4 Å². The summed E-state index contributed by atoms with van der Waals surface area (Å²) in [5.74, 6) is -2.80. The van der Waals surface area contributed by atoms with Crippen LogP contribution in [0.3, 0.4) is 0 Å². The molecule has 3 aromatic carbocycles. The molecule has 2 N–H and O–H groups in total. The van der Waals surface area contributed by atoms with Crippen molar-refractivity contribution in [2.45, 2.75) is 24.4 Å². The number of esters is 3. The number of carbonyl (C=O) groups excluding carboxylic acids is 4. The minimum Gasteiger partial charge on any atom is -0.459 e. The molecule has 3 aromatic rings. The molecule has 0 aromatic heterocycles. The SMILES string of the molecule is [2H]C(=O)[C@H](O)[C@@H](OC(=O)c1ccccc1)[C@H](OC(=O)c1ccccc1)[C@H](O)COC(=O)c1ccccc1. The lowest BCUT2D eigenvalue weighted by molar-refractivity contribution is -0.140. The maximum Gasteiger partial charge on any atom is 0.338 e. The second kappa shape index (κ2) is 12.9. The van der Waals surface area contributed by atoms with Gasteiger partial charge in [-0.1, -0.05) is 54.6 Å². The molecule has 4 atom stereocenters. The Kier molecular flexibility index (Phi) is 8.90. The zero-order valence-electron chi connectivity index (χ0n) is 19.9. The van der Waals surface area contributed by atoms with Crippen LogP contribution in [0.4, 0.5) is 0 Å². The third-order valence-corrected chi connectivity index (χ3v) is 5.03. The quantitative estimate of drug-likeness (QED) is 0.234. The van der Waals surface area contributed by atoms with E-state index in [2.05, 4.69) is 0 Å². The summed E-state index contributed by atoms with van der Waals surface area (Å²) in [6.45, 7) is -0.751. The molecule has 3 rings (SSSR count). The monoisotopic (exact) mass is 493 g/mol. The number of ether oxygens (including phenoxy) is 3. The zero-order chi connectivity index (χ0) is 26.8. The fourth-order valence-electron chi connectivity index (χ4n) is 3.19. The van der Waals surface area contributed by atoms with Crippen molar-refractivity contribution in [2.24, 2.45) is 0 Å². The first-order valence-corrected chi connectivity index (χ1v) is 10.9. The molecule has 0 aliphatic rings. The lowest BCUT2D eigenvalue weighted by Crippen LogP contribution is -2.51. The fraction of sp³-hybridized carbons (Fsp3) is 0.185. The smallest absolute Gasteiger partial charge is 0.338 e. The molecule has 0 amide bonds. The minimum absolute atomic E-state index is 0.0373. The van der Waals surface area contributed by atoms with Crippen molar-refractivity contribution in [3.05, 3.63) is 108 Å². The summed E-state index contributed by atoms with van der Waals surface area (Å²) in [6, 6.07) is 23.0. The number of aliphatic hydroxyl groups excluding tert-OH is 2. The third-order valence-electron chi connectivity index (χ3n) is 5.03. The van der Waals surface area contributed by atoms with Crippen LogP contribution < -0.4 is 0 Å². The van der Waals surface area contributed by atoms with Crippen LogP contribution in [0, 0.1) is 0 Å². The Morgan fingerprint density at radius 1 is 0.694 bits per heavy atom. The molecule has 0 bridgehead atoms. The van der Waals surface area contributed by atoms with Gasteiger partial charge in [0.05, 0.1) is 16.7 Å². The van der Waals surface area contributed by atoms with Gasteiger partial charge in [-0.3, -0.25) is 0 Å². The van der Waals surface area contributed by atoms with Gasteiger partial charge in [0.15, 0.2) is 18.5 Å². The van der Waals surface area contributed by atoms with Crippen LogP contribution >= 0.6 is 0 Å². The Bertz CT molecular complexity index is 1200. The highest BCUT2D eigenvalue weighted by Crippen LogP contribution is 2.18. The highest BCUT2D eigenvalue weighted by atomic mass is 16.6. The Balaban J connectivity index is 1.88. The molecule has 0 unspecified atom stereocenters. The average Bonchev–Trinajstić information content (AvgIpc) is 2.94. The summed E-state index contributed by atoms with van der Waals surface area (Å²) in [4.78, 5) is 49.6. The van der Waals surface area contributed by atoms with Gasteiger partial charge < -0.3 is 29.2 Å². The van der Waals surface area contributed by atoms with Crippen LogP contribution in [0.15, 0.2) is 91.0 Å². The van der Waals surface area contributed by atoms with E-state index < -0.39 is 55.2 Å². The summed E-state index contributed by atoms with van der Waals surface area (Å²) in [7, 11) is 0. The minimum atomic E-state index is -2.29. The molecule has 0 heterocycles. The van der Waals surface area contributed by atoms with Gasteiger partial charge in [0, 0.05) is 0 Å². The van der Waals surface area contributed by atoms with Crippen molar-refractivity contribution < 1.29 is 45.0 Å². The van der Waals surface area contributed by atoms with E-state index in [1.807, 2.05) is 0 Å². The first kappa shape index (κ1) is 24.8. The second-order valence-corrected chi connectivity index (χ2v) is 7.57. The first-order valence-electron chi connectivity index (χ1n) is 11.4. The van der Waals surface area contributed by atoms with E-state index >= 15 is 0 Å². The van der Waals surface area contributed by atoms with E-state index in [-0.39, 0.29) is 16.7 Å². The molecular weight excluding hydrogens is 468 g/mol. The number of aldehydes is 1. The largest absolute Gasteiger partial charge is 0.459 e. The van der Waals surface area contributed by atoms with Gasteiger partial charge in [-0.25, -0.2) is 14.4 Å². The highest BCUT2D eigenvalue weighted by Gasteiger charge is 2.40. The van der Waals surface area contributed by atoms with E-state index in [9.17, 15) is 29.4 Å². The Hall–Kier alpha value is -4.34. The summed E-state index contributed by atoms with van der Waals surface area (Å²) in [5.41, 5.74) is 0.275. The molecule has 9 nitrogen and oxygen atoms in total. The van der Waals surface area contributed by atoms with E-state index in [4.69, 9.17) is 15.6 Å². The predicted molar refractivity (Wildman–Crippen MR) is 126 cm³/mol. The second-order valence-electron chi connectivity index (χ2n) is 7.57. The van der Waals surface area contributed by atoms with Gasteiger partial charge in [0.1, 0.15) is 20.2 Å². The molecule has 0 fully saturated rings. The first-order chi connectivity index (χ1) is 17.8. The maximum atomic E-state index is 12.8. The molecule has 9 heteroatoms. The van der Waals surface area contributed by atoms with Crippen LogP contribution in [0.5, 0.6) is 0 Å². The number of aliphatic hydroxyl groups is 2. The van der Waals surface area contributed by atoms with Gasteiger partial charge in [0.25, 0.3) is 0 Å². The third kappa shape index (κ3) is 7.08. The topological polar surface area (TPSA) is 136 Å². The summed E-state index contributed by atoms with van der Waals surface area (Å²) in [5, 5.41) is 21.3. The number of carbonyl (C=O) groups is 4. The lowest BCUT2D eigenvalue weighted by atomic mass is 10.0. The molecule has 0 spiro atoms. The Morgan fingerprint density at radius 2 is 1.08 bits per heavy atom. The van der Waals surface area contributed by atoms with Crippen LogP contribution in [-0.2, 0) is 19.0 Å². The zero-order valence-corrected chi connectivity index (χ0v) is 18.9. The van der Waals surface area contributed by atoms with Crippen molar-refractivity contribution in [3.63, 3.8) is 0 Å². The van der Waals surface area contributed by atoms with Crippen LogP contribution in [0.2, 0.25) is 0 Å². The number of benzene rings is 3. The van der Waals surface area contributed by atoms with Crippen LogP contribution in [-0.4, -0.2) is 65.4 Å². The number of rotatable bonds is 11. The van der Waals surface area contributed by atoms with Gasteiger partial charge in [-0.15, -0.1) is 0 Å². The number of hydrogen-bond acceptors (Lipinski definition) is 9. The predicted octanol–water partition coefficient (Wildman–Crippen LogP) is 2.22. The maximum absolute atomic E-state index is 12.8. The van der Waals surface area contributed by atoms with E-state index in [1.54, 1.807) is 54.6 Å². The van der Waals surface area contributed by atoms with Gasteiger partial charge in [-0.05, 0) is 36.4 Å². The fourth-order valence-corrected chi connectivity index (χ4v) is 3.19. The van der Waals surface area contributed by atoms with E-state index in [0.717, 1.165) is 0 Å². The van der Waals surface area contributed by atoms with Crippen molar-refractivity contribution >= 4 is 24.2 Å². The average molecular weight is 493 g/mol. The number of hydrogen-bond donors (Lipinski definition) is 2. The Labute approximate surface area is 208 Å². The molecular formula is C27H24O9. The molecule has 36 heavy (non-hydrogen) atoms. The standard InChI is InChI=1S/C27H24O9/c28-16-21(29)23(35-26(32)19-12-6-2-7-13-19)24(36-27(33)20-14-8-3-9-15-20)22(30)17-34-25(31)18-10-4-1-5-11-18/h1-16,21-24,29-30H,17H2/t21-,22+,23+,24+/m0/s1/i16D. The van der Waals surface area contributed by atoms with Crippen LogP contribution in [0.1, 0.15) is 32.4 Å². The van der Waals surface area contributed by atoms with Crippen molar-refractivity contribution in [3.8, 4) is 0 Å². The molecule has 0 aliphatic carbocycles. The van der Waals surface area contributed by atoms with E-state index in [0.29, 0.717) is 0 Å². The summed E-state index contributed by atoms with van der Waals surface area (Å²) >= 11 is 0. The van der Waals surface area contributed by atoms with Gasteiger partial charge >= 0.3 is 17.9 Å². The lowest BCUT2D eigenvalue weighted by Gasteiger charge is -2.31. The molecule has 186 valence electrons. The van der Waals surface area contributed by atoms with Crippen molar-refractivity contribution in [2.75, 3.05) is 6.61 Å². The summed E-state index contributed by atoms with van der Waals surface area (Å²) < 4.78 is 23.1. The Morgan fingerprint density at radius 3 is 1.50 bits per heavy atom. The van der Waals surface area contributed by atoms with Gasteiger partial charge in [0.2, 0.25) is 0 Å². The molecule has 0 radical (unpaired) electrons. The summed E-state index contributed by atoms with van der Waals surface area (Å²) in [6.07, 6.45) is -9.60. The highest BCUT2D eigenvalue weighted by molar-refractivity contribution is 5.91. The van der Waals surface area contributed by atoms with Crippen molar-refractivity contribution in [1.82, 2.24) is 0 Å². The molecule has 0 saturated heterocycles. The normalized spacial score (nSPS) is 14.3. The van der Waals surface area contributed by atoms with Gasteiger partial charge in [-0.2, -0.15) is 0 Å².